The number of hydrogen-bond donors (Lipinski definition) is 2. The van der Waals surface area contributed by atoms with Crippen molar-refractivity contribution in [3.05, 3.63) is 199 Å². The van der Waals surface area contributed by atoms with Crippen LogP contribution in [0.5, 0.6) is 0 Å². The molecule has 0 saturated heterocycles. The van der Waals surface area contributed by atoms with E-state index in [4.69, 9.17) is 0 Å². The summed E-state index contributed by atoms with van der Waals surface area (Å²) in [6, 6.07) is 48.4. The van der Waals surface area contributed by atoms with Crippen LogP contribution in [0.2, 0.25) is 0 Å². The Morgan fingerprint density at radius 2 is 0.917 bits per heavy atom. The summed E-state index contributed by atoms with van der Waals surface area (Å²) in [7, 11) is 0. The Kier molecular flexibility index (Phi) is 8.09. The van der Waals surface area contributed by atoms with Crippen molar-refractivity contribution in [2.45, 2.75) is 36.9 Å². The zero-order valence-electron chi connectivity index (χ0n) is 26.3. The second kappa shape index (κ2) is 12.4. The smallest absolute Gasteiger partial charge is 0.141 e. The Morgan fingerprint density at radius 1 is 0.438 bits per heavy atom. The number of hydrogen-bond acceptors (Lipinski definition) is 2. The predicted molar refractivity (Wildman–Crippen MR) is 203 cm³/mol. The van der Waals surface area contributed by atoms with Gasteiger partial charge >= 0.3 is 0 Å². The SMILES string of the molecule is Brc1cccc2c1CCCC2.OC1(c2cccc3ccccc23)c2ccccc2C(O)(c2cccc3ccccc23)c2cc(Br)ccc21. The van der Waals surface area contributed by atoms with Gasteiger partial charge in [0.2, 0.25) is 0 Å². The van der Waals surface area contributed by atoms with Crippen molar-refractivity contribution < 1.29 is 10.2 Å². The highest BCUT2D eigenvalue weighted by Crippen LogP contribution is 2.55. The molecule has 2 aliphatic carbocycles. The minimum Gasteiger partial charge on any atom is -0.376 e. The molecule has 0 saturated carbocycles. The van der Waals surface area contributed by atoms with Crippen LogP contribution in [0.15, 0.2) is 155 Å². The van der Waals surface area contributed by atoms with Crippen molar-refractivity contribution in [1.29, 1.82) is 0 Å². The topological polar surface area (TPSA) is 40.5 Å². The van der Waals surface area contributed by atoms with Crippen molar-refractivity contribution >= 4 is 53.4 Å². The van der Waals surface area contributed by atoms with E-state index in [2.05, 4.69) is 86.5 Å². The average Bonchev–Trinajstić information content (AvgIpc) is 3.14. The largest absolute Gasteiger partial charge is 0.376 e. The summed E-state index contributed by atoms with van der Waals surface area (Å²) >= 11 is 7.23. The second-order valence-corrected chi connectivity index (χ2v) is 14.6. The zero-order chi connectivity index (χ0) is 32.9. The predicted octanol–water partition coefficient (Wildman–Crippen LogP) is 11.0. The molecule has 48 heavy (non-hydrogen) atoms. The van der Waals surface area contributed by atoms with Crippen LogP contribution in [-0.2, 0) is 24.0 Å². The van der Waals surface area contributed by atoms with Crippen LogP contribution in [0.25, 0.3) is 21.5 Å². The molecule has 2 N–H and O–H groups in total. The van der Waals surface area contributed by atoms with E-state index in [1.54, 1.807) is 11.1 Å². The Hall–Kier alpha value is -4.06. The Bertz CT molecular complexity index is 2320. The van der Waals surface area contributed by atoms with Crippen LogP contribution in [0.3, 0.4) is 0 Å². The second-order valence-electron chi connectivity index (χ2n) is 12.8. The molecule has 0 heterocycles. The van der Waals surface area contributed by atoms with E-state index in [0.717, 1.165) is 37.1 Å². The van der Waals surface area contributed by atoms with Gasteiger partial charge in [0.25, 0.3) is 0 Å². The first-order chi connectivity index (χ1) is 23.4. The van der Waals surface area contributed by atoms with Gasteiger partial charge in [0.05, 0.1) is 0 Å². The van der Waals surface area contributed by atoms with Gasteiger partial charge < -0.3 is 10.2 Å². The van der Waals surface area contributed by atoms with Gasteiger partial charge in [0.15, 0.2) is 0 Å². The quantitative estimate of drug-likeness (QED) is 0.185. The molecule has 236 valence electrons. The molecule has 0 radical (unpaired) electrons. The molecule has 9 rings (SSSR count). The number of aryl methyl sites for hydroxylation is 1. The molecule has 2 unspecified atom stereocenters. The van der Waals surface area contributed by atoms with E-state index in [0.29, 0.717) is 22.3 Å². The fourth-order valence-electron chi connectivity index (χ4n) is 7.93. The van der Waals surface area contributed by atoms with Gasteiger partial charge in [-0.2, -0.15) is 0 Å². The number of fused-ring (bicyclic) bond motifs is 5. The summed E-state index contributed by atoms with van der Waals surface area (Å²) in [6.45, 7) is 0. The minimum absolute atomic E-state index is 0.660. The van der Waals surface area contributed by atoms with Crippen molar-refractivity contribution in [3.63, 3.8) is 0 Å². The summed E-state index contributed by atoms with van der Waals surface area (Å²) in [6.07, 6.45) is 5.25. The molecule has 4 heteroatoms. The fraction of sp³-hybridized carbons (Fsp3) is 0.136. The molecule has 2 nitrogen and oxygen atoms in total. The fourth-order valence-corrected chi connectivity index (χ4v) is 8.90. The van der Waals surface area contributed by atoms with Crippen LogP contribution in [0.1, 0.15) is 57.3 Å². The van der Waals surface area contributed by atoms with Gasteiger partial charge in [-0.1, -0.05) is 159 Å². The summed E-state index contributed by atoms with van der Waals surface area (Å²) in [5, 5.41) is 29.9. The lowest BCUT2D eigenvalue weighted by atomic mass is 9.62. The molecule has 2 atom stereocenters. The highest BCUT2D eigenvalue weighted by Gasteiger charge is 2.51. The van der Waals surface area contributed by atoms with Gasteiger partial charge in [-0.05, 0) is 93.2 Å². The zero-order valence-corrected chi connectivity index (χ0v) is 29.5. The number of aliphatic hydroxyl groups is 2. The monoisotopic (exact) mass is 752 g/mol. The van der Waals surface area contributed by atoms with Crippen LogP contribution in [-0.4, -0.2) is 10.2 Å². The Labute approximate surface area is 298 Å². The van der Waals surface area contributed by atoms with E-state index >= 15 is 0 Å². The third kappa shape index (κ3) is 4.97. The lowest BCUT2D eigenvalue weighted by molar-refractivity contribution is 0.0763. The molecule has 0 aromatic heterocycles. The molecule has 0 amide bonds. The molecule has 7 aromatic carbocycles. The molecular weight excluding hydrogens is 720 g/mol. The molecule has 0 spiro atoms. The van der Waals surface area contributed by atoms with Crippen LogP contribution < -0.4 is 0 Å². The highest BCUT2D eigenvalue weighted by molar-refractivity contribution is 9.10. The standard InChI is InChI=1S/C34H23BrO2.C10H11Br/c35-24-19-20-31-32(21-24)34(37,28-18-8-12-23-10-2-4-14-26(23)28)30-16-6-5-15-29(30)33(31,36)27-17-7-11-22-9-1-3-13-25(22)27;11-10-7-3-5-8-4-1-2-6-9(8)10/h1-21,36-37H;3,5,7H,1-2,4,6H2. The van der Waals surface area contributed by atoms with Gasteiger partial charge in [-0.15, -0.1) is 0 Å². The summed E-state index contributed by atoms with van der Waals surface area (Å²) in [4.78, 5) is 0. The third-order valence-electron chi connectivity index (χ3n) is 10.2. The van der Waals surface area contributed by atoms with Crippen LogP contribution in [0, 0.1) is 0 Å². The summed E-state index contributed by atoms with van der Waals surface area (Å²) in [5.41, 5.74) is 4.40. The molecule has 2 aliphatic rings. The number of benzene rings is 7. The van der Waals surface area contributed by atoms with E-state index in [-0.39, 0.29) is 0 Å². The lowest BCUT2D eigenvalue weighted by Gasteiger charge is -2.45. The van der Waals surface area contributed by atoms with Gasteiger partial charge in [0.1, 0.15) is 11.2 Å². The van der Waals surface area contributed by atoms with Crippen LogP contribution >= 0.6 is 31.9 Å². The molecule has 0 aliphatic heterocycles. The van der Waals surface area contributed by atoms with Gasteiger partial charge in [-0.25, -0.2) is 0 Å². The van der Waals surface area contributed by atoms with Crippen molar-refractivity contribution in [3.8, 4) is 0 Å². The summed E-state index contributed by atoms with van der Waals surface area (Å²) in [5.74, 6) is 0. The molecular formula is C44H34Br2O2. The maximum Gasteiger partial charge on any atom is 0.141 e. The van der Waals surface area contributed by atoms with Crippen molar-refractivity contribution in [1.82, 2.24) is 0 Å². The van der Waals surface area contributed by atoms with Crippen molar-refractivity contribution in [2.75, 3.05) is 0 Å². The highest BCUT2D eigenvalue weighted by atomic mass is 79.9. The first kappa shape index (κ1) is 31.2. The lowest BCUT2D eigenvalue weighted by Crippen LogP contribution is -2.44. The van der Waals surface area contributed by atoms with Gasteiger partial charge in [0, 0.05) is 25.6 Å². The van der Waals surface area contributed by atoms with E-state index < -0.39 is 11.2 Å². The molecule has 0 bridgehead atoms. The average molecular weight is 755 g/mol. The first-order valence-corrected chi connectivity index (χ1v) is 18.1. The van der Waals surface area contributed by atoms with Crippen LogP contribution in [0.4, 0.5) is 0 Å². The normalized spacial score (nSPS) is 19.5. The minimum atomic E-state index is -1.48. The van der Waals surface area contributed by atoms with E-state index in [1.165, 1.54) is 30.2 Å². The summed E-state index contributed by atoms with van der Waals surface area (Å²) < 4.78 is 2.14. The maximum atomic E-state index is 12.9. The maximum absolute atomic E-state index is 12.9. The van der Waals surface area contributed by atoms with E-state index in [9.17, 15) is 10.2 Å². The molecule has 0 fully saturated rings. The Balaban J connectivity index is 0.000000259. The number of halogens is 2. The first-order valence-electron chi connectivity index (χ1n) is 16.5. The third-order valence-corrected chi connectivity index (χ3v) is 11.4. The van der Waals surface area contributed by atoms with E-state index in [1.807, 2.05) is 91.0 Å². The Morgan fingerprint density at radius 3 is 1.54 bits per heavy atom. The van der Waals surface area contributed by atoms with Crippen molar-refractivity contribution in [2.24, 2.45) is 0 Å². The molecule has 7 aromatic rings. The number of rotatable bonds is 2. The van der Waals surface area contributed by atoms with Gasteiger partial charge in [-0.3, -0.25) is 0 Å².